The van der Waals surface area contributed by atoms with E-state index in [0.29, 0.717) is 30.1 Å². The highest BCUT2D eigenvalue weighted by molar-refractivity contribution is 6.10. The minimum Gasteiger partial charge on any atom is -0.323 e. The third-order valence-corrected chi connectivity index (χ3v) is 6.80. The molecule has 8 nitrogen and oxygen atoms in total. The number of urea groups is 1. The predicted octanol–water partition coefficient (Wildman–Crippen LogP) is 2.88. The number of amides is 4. The van der Waals surface area contributed by atoms with Crippen LogP contribution in [0.1, 0.15) is 64.3 Å². The van der Waals surface area contributed by atoms with Gasteiger partial charge < -0.3 is 10.6 Å². The van der Waals surface area contributed by atoms with E-state index < -0.39 is 17.5 Å². The minimum absolute atomic E-state index is 0.229. The minimum atomic E-state index is -0.848. The van der Waals surface area contributed by atoms with Crippen LogP contribution >= 0.6 is 0 Å². The maximum Gasteiger partial charge on any atom is 0.325 e. The second kappa shape index (κ2) is 7.22. The van der Waals surface area contributed by atoms with Crippen molar-refractivity contribution in [3.63, 3.8) is 0 Å². The van der Waals surface area contributed by atoms with Crippen LogP contribution in [0.4, 0.5) is 10.5 Å². The normalized spacial score (nSPS) is 25.3. The first-order valence-corrected chi connectivity index (χ1v) is 10.0. The van der Waals surface area contributed by atoms with Crippen LogP contribution in [0.15, 0.2) is 0 Å². The van der Waals surface area contributed by atoms with Crippen molar-refractivity contribution in [2.45, 2.75) is 72.3 Å². The molecule has 8 heteroatoms. The summed E-state index contributed by atoms with van der Waals surface area (Å²) in [4.78, 5) is 39.0. The first-order chi connectivity index (χ1) is 13.1. The van der Waals surface area contributed by atoms with Crippen LogP contribution in [0, 0.1) is 25.2 Å². The highest BCUT2D eigenvalue weighted by Gasteiger charge is 2.53. The fraction of sp³-hybridized carbons (Fsp3) is 0.700. The Morgan fingerprint density at radius 2 is 1.93 bits per heavy atom. The summed E-state index contributed by atoms with van der Waals surface area (Å²) < 4.78 is 0. The van der Waals surface area contributed by atoms with Gasteiger partial charge in [-0.1, -0.05) is 27.2 Å². The molecule has 1 aliphatic heterocycles. The van der Waals surface area contributed by atoms with E-state index in [9.17, 15) is 14.4 Å². The van der Waals surface area contributed by atoms with Crippen LogP contribution in [0.3, 0.4) is 0 Å². The molecule has 0 bridgehead atoms. The number of nitrogens with zero attached hydrogens (tertiary/aromatic N) is 2. The van der Waals surface area contributed by atoms with Crippen molar-refractivity contribution < 1.29 is 14.4 Å². The molecule has 28 heavy (non-hydrogen) atoms. The summed E-state index contributed by atoms with van der Waals surface area (Å²) >= 11 is 0. The number of carbonyl (C=O) groups excluding carboxylic acids is 3. The van der Waals surface area contributed by atoms with E-state index in [0.717, 1.165) is 29.9 Å². The lowest BCUT2D eigenvalue weighted by molar-refractivity contribution is -0.135. The monoisotopic (exact) mass is 389 g/mol. The first kappa shape index (κ1) is 20.4. The number of carbonyl (C=O) groups is 3. The van der Waals surface area contributed by atoms with E-state index >= 15 is 0 Å². The zero-order valence-electron chi connectivity index (χ0n) is 17.4. The molecule has 1 spiro atoms. The molecule has 2 fully saturated rings. The number of nitrogens with one attached hydrogen (secondary N) is 3. The van der Waals surface area contributed by atoms with Gasteiger partial charge in [0, 0.05) is 0 Å². The molecule has 0 radical (unpaired) electrons. The molecule has 2 heterocycles. The second-order valence-electron chi connectivity index (χ2n) is 8.88. The van der Waals surface area contributed by atoms with Crippen molar-refractivity contribution in [2.24, 2.45) is 11.3 Å². The van der Waals surface area contributed by atoms with Crippen molar-refractivity contribution in [2.75, 3.05) is 11.9 Å². The van der Waals surface area contributed by atoms with E-state index in [-0.39, 0.29) is 17.9 Å². The average Bonchev–Trinajstić information content (AvgIpc) is 3.08. The van der Waals surface area contributed by atoms with Gasteiger partial charge in [-0.3, -0.25) is 19.6 Å². The molecule has 1 aromatic heterocycles. The number of aryl methyl sites for hydroxylation is 2. The van der Waals surface area contributed by atoms with Crippen LogP contribution in [-0.2, 0) is 9.59 Å². The number of imide groups is 1. The van der Waals surface area contributed by atoms with Crippen molar-refractivity contribution in [1.82, 2.24) is 20.4 Å². The van der Waals surface area contributed by atoms with Gasteiger partial charge in [0.1, 0.15) is 12.1 Å². The standard InChI is InChI=1S/C20H31N5O3/c1-6-19(4,5)14-7-9-20(10-8-14)17(27)25(18(28)22-20)11-15(26)21-16-12(2)23-24-13(16)3/h14H,6-11H2,1-5H3,(H,21,26)(H,22,28)(H,23,24). The Hall–Kier alpha value is -2.38. The molecule has 1 aliphatic carbocycles. The van der Waals surface area contributed by atoms with Gasteiger partial charge in [-0.15, -0.1) is 0 Å². The number of rotatable bonds is 5. The fourth-order valence-corrected chi connectivity index (χ4v) is 4.40. The third-order valence-electron chi connectivity index (χ3n) is 6.80. The van der Waals surface area contributed by atoms with Gasteiger partial charge in [-0.05, 0) is 50.9 Å². The summed E-state index contributed by atoms with van der Waals surface area (Å²) in [5, 5.41) is 12.5. The topological polar surface area (TPSA) is 107 Å². The number of hydrogen-bond acceptors (Lipinski definition) is 4. The van der Waals surface area contributed by atoms with Gasteiger partial charge in [0.05, 0.1) is 17.1 Å². The van der Waals surface area contributed by atoms with Crippen molar-refractivity contribution in [1.29, 1.82) is 0 Å². The number of H-pyrrole nitrogens is 1. The molecule has 1 aromatic rings. The zero-order valence-corrected chi connectivity index (χ0v) is 17.4. The van der Waals surface area contributed by atoms with Gasteiger partial charge in [-0.25, -0.2) is 4.79 Å². The second-order valence-corrected chi connectivity index (χ2v) is 8.88. The molecule has 2 aliphatic rings. The van der Waals surface area contributed by atoms with Crippen molar-refractivity contribution in [3.05, 3.63) is 11.4 Å². The molecule has 1 saturated carbocycles. The average molecular weight is 390 g/mol. The zero-order chi connectivity index (χ0) is 20.7. The van der Waals surface area contributed by atoms with E-state index in [1.165, 1.54) is 0 Å². The van der Waals surface area contributed by atoms with Crippen LogP contribution in [0.5, 0.6) is 0 Å². The summed E-state index contributed by atoms with van der Waals surface area (Å²) in [6.45, 7) is 10.0. The summed E-state index contributed by atoms with van der Waals surface area (Å²) in [5.41, 5.74) is 1.37. The Bertz CT molecular complexity index is 770. The van der Waals surface area contributed by atoms with E-state index in [1.54, 1.807) is 13.8 Å². The Labute approximate surface area is 165 Å². The lowest BCUT2D eigenvalue weighted by Gasteiger charge is -2.42. The molecular formula is C20H31N5O3. The van der Waals surface area contributed by atoms with Crippen molar-refractivity contribution >= 4 is 23.5 Å². The Balaban J connectivity index is 1.65. The molecule has 4 amide bonds. The Morgan fingerprint density at radius 3 is 2.46 bits per heavy atom. The number of aromatic amines is 1. The molecule has 0 atom stereocenters. The quantitative estimate of drug-likeness (QED) is 0.673. The summed E-state index contributed by atoms with van der Waals surface area (Å²) in [7, 11) is 0. The maximum absolute atomic E-state index is 13.0. The molecule has 3 rings (SSSR count). The van der Waals surface area contributed by atoms with E-state index in [2.05, 4.69) is 41.6 Å². The van der Waals surface area contributed by atoms with Gasteiger partial charge in [-0.2, -0.15) is 5.10 Å². The lowest BCUT2D eigenvalue weighted by atomic mass is 9.65. The number of anilines is 1. The fourth-order valence-electron chi connectivity index (χ4n) is 4.40. The molecular weight excluding hydrogens is 358 g/mol. The largest absolute Gasteiger partial charge is 0.325 e. The molecule has 1 saturated heterocycles. The van der Waals surface area contributed by atoms with E-state index in [4.69, 9.17) is 0 Å². The smallest absolute Gasteiger partial charge is 0.323 e. The SMILES string of the molecule is CCC(C)(C)C1CCC2(CC1)NC(=O)N(CC(=O)Nc1c(C)n[nH]c1C)C2=O. The van der Waals surface area contributed by atoms with Crippen LogP contribution in [0.25, 0.3) is 0 Å². The van der Waals surface area contributed by atoms with Gasteiger partial charge in [0.25, 0.3) is 5.91 Å². The highest BCUT2D eigenvalue weighted by atomic mass is 16.2. The van der Waals surface area contributed by atoms with Crippen LogP contribution in [-0.4, -0.2) is 45.0 Å². The Morgan fingerprint density at radius 1 is 1.29 bits per heavy atom. The van der Waals surface area contributed by atoms with Gasteiger partial charge >= 0.3 is 6.03 Å². The third kappa shape index (κ3) is 3.52. The summed E-state index contributed by atoms with van der Waals surface area (Å²) in [6, 6.07) is -0.478. The molecule has 0 aromatic carbocycles. The molecule has 154 valence electrons. The molecule has 3 N–H and O–H groups in total. The lowest BCUT2D eigenvalue weighted by Crippen LogP contribution is -2.51. The highest BCUT2D eigenvalue weighted by Crippen LogP contribution is 2.45. The maximum atomic E-state index is 13.0. The van der Waals surface area contributed by atoms with Gasteiger partial charge in [0.2, 0.25) is 5.91 Å². The van der Waals surface area contributed by atoms with Crippen molar-refractivity contribution in [3.8, 4) is 0 Å². The predicted molar refractivity (Wildman–Crippen MR) is 106 cm³/mol. The summed E-state index contributed by atoms with van der Waals surface area (Å²) in [5.74, 6) is -0.146. The van der Waals surface area contributed by atoms with E-state index in [1.807, 2.05) is 0 Å². The first-order valence-electron chi connectivity index (χ1n) is 10.0. The molecule has 0 unspecified atom stereocenters. The number of aromatic nitrogens is 2. The van der Waals surface area contributed by atoms with Crippen LogP contribution < -0.4 is 10.6 Å². The van der Waals surface area contributed by atoms with Gasteiger partial charge in [0.15, 0.2) is 0 Å². The summed E-state index contributed by atoms with van der Waals surface area (Å²) in [6.07, 6.45) is 4.15. The number of hydrogen-bond donors (Lipinski definition) is 3. The Kier molecular flexibility index (Phi) is 5.25. The van der Waals surface area contributed by atoms with Crippen LogP contribution in [0.2, 0.25) is 0 Å².